The van der Waals surface area contributed by atoms with Crippen LogP contribution in [0.1, 0.15) is 5.56 Å². The Morgan fingerprint density at radius 3 is 2.62 bits per heavy atom. The van der Waals surface area contributed by atoms with Crippen molar-refractivity contribution in [3.8, 4) is 0 Å². The van der Waals surface area contributed by atoms with Crippen LogP contribution in [0.3, 0.4) is 0 Å². The molecule has 2 saturated heterocycles. The number of piperazine rings is 1. The first kappa shape index (κ1) is 17.1. The summed E-state index contributed by atoms with van der Waals surface area (Å²) in [5.74, 6) is -0.221. The highest BCUT2D eigenvalue weighted by Gasteiger charge is 2.31. The van der Waals surface area contributed by atoms with E-state index in [1.54, 1.807) is 25.3 Å². The molecule has 132 valence electrons. The van der Waals surface area contributed by atoms with E-state index < -0.39 is 0 Å². The van der Waals surface area contributed by atoms with Crippen LogP contribution < -0.4 is 4.90 Å². The lowest BCUT2D eigenvalue weighted by atomic mass is 10.1. The van der Waals surface area contributed by atoms with Gasteiger partial charge >= 0.3 is 0 Å². The van der Waals surface area contributed by atoms with Gasteiger partial charge in [0.25, 0.3) is 0 Å². The molecule has 0 aromatic heterocycles. The number of ether oxygens (including phenoxy) is 1. The van der Waals surface area contributed by atoms with Crippen molar-refractivity contribution in [2.24, 2.45) is 0 Å². The summed E-state index contributed by atoms with van der Waals surface area (Å²) < 4.78 is 19.5. The quantitative estimate of drug-likeness (QED) is 0.837. The molecule has 0 saturated carbocycles. The molecule has 1 aromatic rings. The van der Waals surface area contributed by atoms with E-state index in [-0.39, 0.29) is 24.4 Å². The van der Waals surface area contributed by atoms with Crippen LogP contribution >= 0.6 is 0 Å². The molecule has 0 aliphatic carbocycles. The Labute approximate surface area is 141 Å². The third kappa shape index (κ3) is 3.53. The minimum atomic E-state index is -0.351. The third-order valence-corrected chi connectivity index (χ3v) is 4.83. The number of amides is 1. The van der Waals surface area contributed by atoms with E-state index in [0.29, 0.717) is 44.0 Å². The van der Waals surface area contributed by atoms with Gasteiger partial charge in [0.2, 0.25) is 5.91 Å². The number of aliphatic hydroxyl groups is 1. The van der Waals surface area contributed by atoms with Crippen molar-refractivity contribution in [3.63, 3.8) is 0 Å². The summed E-state index contributed by atoms with van der Waals surface area (Å²) in [7, 11) is 1.66. The van der Waals surface area contributed by atoms with Gasteiger partial charge in [-0.25, -0.2) is 4.39 Å². The zero-order valence-electron chi connectivity index (χ0n) is 13.9. The van der Waals surface area contributed by atoms with Crippen LogP contribution in [0.4, 0.5) is 10.1 Å². The topological polar surface area (TPSA) is 56.2 Å². The standard InChI is InChI=1S/C17H24FN3O3/c1-24-14-9-21(10-14)16(23)11-19-5-7-20(8-6-19)15-4-2-3-13(12-22)17(15)18/h2-4,14,22H,5-12H2,1H3. The Kier molecular flexibility index (Phi) is 5.33. The highest BCUT2D eigenvalue weighted by atomic mass is 19.1. The second-order valence-electron chi connectivity index (χ2n) is 6.33. The Balaban J connectivity index is 1.50. The first-order valence-corrected chi connectivity index (χ1v) is 8.28. The van der Waals surface area contributed by atoms with E-state index in [2.05, 4.69) is 4.90 Å². The van der Waals surface area contributed by atoms with Crippen LogP contribution in [0, 0.1) is 5.82 Å². The molecule has 6 nitrogen and oxygen atoms in total. The number of nitrogens with zero attached hydrogens (tertiary/aromatic N) is 3. The van der Waals surface area contributed by atoms with Crippen molar-refractivity contribution in [1.29, 1.82) is 0 Å². The highest BCUT2D eigenvalue weighted by molar-refractivity contribution is 5.79. The fourth-order valence-electron chi connectivity index (χ4n) is 3.16. The first-order chi connectivity index (χ1) is 11.6. The molecule has 0 atom stereocenters. The van der Waals surface area contributed by atoms with Crippen LogP contribution in [0.25, 0.3) is 0 Å². The van der Waals surface area contributed by atoms with Crippen LogP contribution in [-0.2, 0) is 16.1 Å². The molecule has 2 aliphatic rings. The molecule has 1 aromatic carbocycles. The summed E-state index contributed by atoms with van der Waals surface area (Å²) in [6.45, 7) is 4.23. The van der Waals surface area contributed by atoms with Crippen molar-refractivity contribution < 1.29 is 19.0 Å². The molecule has 2 heterocycles. The van der Waals surface area contributed by atoms with Gasteiger partial charge in [-0.3, -0.25) is 9.69 Å². The predicted molar refractivity (Wildman–Crippen MR) is 88.4 cm³/mol. The number of rotatable bonds is 5. The van der Waals surface area contributed by atoms with E-state index in [4.69, 9.17) is 4.74 Å². The molecule has 0 radical (unpaired) electrons. The van der Waals surface area contributed by atoms with Crippen molar-refractivity contribution in [2.75, 3.05) is 57.8 Å². The molecule has 24 heavy (non-hydrogen) atoms. The monoisotopic (exact) mass is 337 g/mol. The van der Waals surface area contributed by atoms with Gasteiger partial charge in [-0.2, -0.15) is 0 Å². The Bertz CT molecular complexity index is 584. The maximum absolute atomic E-state index is 14.3. The minimum absolute atomic E-state index is 0.130. The van der Waals surface area contributed by atoms with Crippen molar-refractivity contribution in [1.82, 2.24) is 9.80 Å². The SMILES string of the molecule is COC1CN(C(=O)CN2CCN(c3cccc(CO)c3F)CC2)C1. The van der Waals surface area contributed by atoms with Crippen LogP contribution in [-0.4, -0.2) is 79.8 Å². The number of hydrogen-bond acceptors (Lipinski definition) is 5. The predicted octanol–water partition coefficient (Wildman–Crippen LogP) is 0.297. The average molecular weight is 337 g/mol. The molecule has 7 heteroatoms. The minimum Gasteiger partial charge on any atom is -0.392 e. The number of methoxy groups -OCH3 is 1. The van der Waals surface area contributed by atoms with Gasteiger partial charge in [-0.05, 0) is 6.07 Å². The van der Waals surface area contributed by atoms with Crippen molar-refractivity contribution in [2.45, 2.75) is 12.7 Å². The molecule has 0 bridgehead atoms. The van der Waals surface area contributed by atoms with Crippen molar-refractivity contribution in [3.05, 3.63) is 29.6 Å². The number of likely N-dealkylation sites (tertiary alicyclic amines) is 1. The second-order valence-corrected chi connectivity index (χ2v) is 6.33. The summed E-state index contributed by atoms with van der Waals surface area (Å²) >= 11 is 0. The number of halogens is 1. The molecular weight excluding hydrogens is 313 g/mol. The molecule has 2 fully saturated rings. The largest absolute Gasteiger partial charge is 0.392 e. The number of benzene rings is 1. The summed E-state index contributed by atoms with van der Waals surface area (Å²) in [5.41, 5.74) is 0.841. The maximum atomic E-state index is 14.3. The summed E-state index contributed by atoms with van der Waals surface area (Å²) in [6.07, 6.45) is 0.174. The lowest BCUT2D eigenvalue weighted by Crippen LogP contribution is -2.58. The zero-order chi connectivity index (χ0) is 17.1. The number of aliphatic hydroxyl groups excluding tert-OH is 1. The van der Waals surface area contributed by atoms with Crippen LogP contribution in [0.15, 0.2) is 18.2 Å². The van der Waals surface area contributed by atoms with E-state index >= 15 is 0 Å². The lowest BCUT2D eigenvalue weighted by molar-refractivity contribution is -0.144. The molecule has 0 unspecified atom stereocenters. The fourth-order valence-corrected chi connectivity index (χ4v) is 3.16. The molecule has 1 amide bonds. The summed E-state index contributed by atoms with van der Waals surface area (Å²) in [5, 5.41) is 9.18. The zero-order valence-corrected chi connectivity index (χ0v) is 13.9. The Morgan fingerprint density at radius 1 is 1.29 bits per heavy atom. The van der Waals surface area contributed by atoms with E-state index in [9.17, 15) is 14.3 Å². The fraction of sp³-hybridized carbons (Fsp3) is 0.588. The van der Waals surface area contributed by atoms with Crippen LogP contribution in [0.5, 0.6) is 0 Å². The molecular formula is C17H24FN3O3. The van der Waals surface area contributed by atoms with E-state index in [1.807, 2.05) is 9.80 Å². The van der Waals surface area contributed by atoms with Crippen LogP contribution in [0.2, 0.25) is 0 Å². The molecule has 3 rings (SSSR count). The van der Waals surface area contributed by atoms with Gasteiger partial charge in [0.15, 0.2) is 5.82 Å². The van der Waals surface area contributed by atoms with Gasteiger partial charge < -0.3 is 19.6 Å². The van der Waals surface area contributed by atoms with Gasteiger partial charge in [0.1, 0.15) is 0 Å². The Morgan fingerprint density at radius 2 is 2.00 bits per heavy atom. The normalized spacial score (nSPS) is 19.5. The molecule has 2 aliphatic heterocycles. The number of hydrogen-bond donors (Lipinski definition) is 1. The van der Waals surface area contributed by atoms with Crippen molar-refractivity contribution >= 4 is 11.6 Å². The van der Waals surface area contributed by atoms with Gasteiger partial charge in [-0.1, -0.05) is 12.1 Å². The van der Waals surface area contributed by atoms with E-state index in [1.165, 1.54) is 0 Å². The lowest BCUT2D eigenvalue weighted by Gasteiger charge is -2.41. The maximum Gasteiger partial charge on any atom is 0.236 e. The molecule has 1 N–H and O–H groups in total. The second kappa shape index (κ2) is 7.46. The Hall–Kier alpha value is -1.70. The smallest absolute Gasteiger partial charge is 0.236 e. The summed E-state index contributed by atoms with van der Waals surface area (Å²) in [4.78, 5) is 18.1. The average Bonchev–Trinajstić information content (AvgIpc) is 2.55. The van der Waals surface area contributed by atoms with Gasteiger partial charge in [-0.15, -0.1) is 0 Å². The number of anilines is 1. The van der Waals surface area contributed by atoms with Gasteiger partial charge in [0, 0.05) is 51.9 Å². The first-order valence-electron chi connectivity index (χ1n) is 8.28. The number of carbonyl (C=O) groups excluding carboxylic acids is 1. The number of carbonyl (C=O) groups is 1. The third-order valence-electron chi connectivity index (χ3n) is 4.83. The highest BCUT2D eigenvalue weighted by Crippen LogP contribution is 2.23. The van der Waals surface area contributed by atoms with Gasteiger partial charge in [0.05, 0.1) is 24.9 Å². The van der Waals surface area contributed by atoms with E-state index in [0.717, 1.165) is 13.1 Å². The summed E-state index contributed by atoms with van der Waals surface area (Å²) in [6, 6.07) is 5.09. The molecule has 0 spiro atoms.